The van der Waals surface area contributed by atoms with Crippen molar-refractivity contribution in [2.24, 2.45) is 11.8 Å². The van der Waals surface area contributed by atoms with Crippen molar-refractivity contribution < 1.29 is 19.4 Å². The van der Waals surface area contributed by atoms with Gasteiger partial charge in [0, 0.05) is 6.54 Å². The van der Waals surface area contributed by atoms with Gasteiger partial charge in [-0.15, -0.1) is 0 Å². The Morgan fingerprint density at radius 1 is 1.27 bits per heavy atom. The number of carboxylic acids is 1. The monoisotopic (exact) mass is 327 g/mol. The number of carbonyl (C=O) groups excluding carboxylic acids is 1. The summed E-state index contributed by atoms with van der Waals surface area (Å²) in [5.74, 6) is -1.21. The Morgan fingerprint density at radius 2 is 1.91 bits per heavy atom. The Kier molecular flexibility index (Phi) is 7.18. The molecule has 0 aliphatic heterocycles. The van der Waals surface area contributed by atoms with E-state index in [-0.39, 0.29) is 18.4 Å². The van der Waals surface area contributed by atoms with Gasteiger partial charge in [-0.05, 0) is 31.4 Å². The molecule has 2 N–H and O–H groups in total. The highest BCUT2D eigenvalue weighted by Gasteiger charge is 2.22. The SMILES string of the molecule is CC(C)CC(CNC(=O)C(C)Oc1ccccc1Cl)C(=O)O. The van der Waals surface area contributed by atoms with Gasteiger partial charge in [-0.3, -0.25) is 9.59 Å². The topological polar surface area (TPSA) is 75.6 Å². The van der Waals surface area contributed by atoms with E-state index in [2.05, 4.69) is 5.32 Å². The van der Waals surface area contributed by atoms with Gasteiger partial charge in [0.15, 0.2) is 6.10 Å². The lowest BCUT2D eigenvalue weighted by Gasteiger charge is -2.18. The Morgan fingerprint density at radius 3 is 2.45 bits per heavy atom. The molecule has 1 amide bonds. The summed E-state index contributed by atoms with van der Waals surface area (Å²) in [6, 6.07) is 6.87. The first-order valence-corrected chi connectivity index (χ1v) is 7.60. The van der Waals surface area contributed by atoms with Crippen molar-refractivity contribution in [1.29, 1.82) is 0 Å². The fourth-order valence-corrected chi connectivity index (χ4v) is 2.17. The standard InChI is InChI=1S/C16H22ClNO4/c1-10(2)8-12(16(20)21)9-18-15(19)11(3)22-14-7-5-4-6-13(14)17/h4-7,10-12H,8-9H2,1-3H3,(H,18,19)(H,20,21). The molecule has 1 aromatic carbocycles. The second-order valence-electron chi connectivity index (χ2n) is 5.60. The van der Waals surface area contributed by atoms with Crippen LogP contribution in [0.5, 0.6) is 5.75 Å². The number of hydrogen-bond donors (Lipinski definition) is 2. The second kappa shape index (κ2) is 8.63. The van der Waals surface area contributed by atoms with Crippen LogP contribution in [0.2, 0.25) is 5.02 Å². The first-order valence-electron chi connectivity index (χ1n) is 7.23. The molecular weight excluding hydrogens is 306 g/mol. The van der Waals surface area contributed by atoms with E-state index in [1.54, 1.807) is 31.2 Å². The van der Waals surface area contributed by atoms with Crippen molar-refractivity contribution in [3.63, 3.8) is 0 Å². The summed E-state index contributed by atoms with van der Waals surface area (Å²) >= 11 is 5.96. The molecule has 0 spiro atoms. The van der Waals surface area contributed by atoms with Crippen LogP contribution in [0.1, 0.15) is 27.2 Å². The third-order valence-electron chi connectivity index (χ3n) is 3.14. The van der Waals surface area contributed by atoms with Crippen LogP contribution in [0.25, 0.3) is 0 Å². The van der Waals surface area contributed by atoms with Crippen LogP contribution < -0.4 is 10.1 Å². The van der Waals surface area contributed by atoms with Crippen molar-refractivity contribution in [3.05, 3.63) is 29.3 Å². The number of ether oxygens (including phenoxy) is 1. The van der Waals surface area contributed by atoms with E-state index in [9.17, 15) is 9.59 Å². The average molecular weight is 328 g/mol. The number of nitrogens with one attached hydrogen (secondary N) is 1. The van der Waals surface area contributed by atoms with Crippen LogP contribution in [0, 0.1) is 11.8 Å². The lowest BCUT2D eigenvalue weighted by atomic mass is 9.97. The maximum Gasteiger partial charge on any atom is 0.308 e. The van der Waals surface area contributed by atoms with Crippen LogP contribution in [0.15, 0.2) is 24.3 Å². The minimum Gasteiger partial charge on any atom is -0.481 e. The predicted octanol–water partition coefficient (Wildman–Crippen LogP) is 2.97. The van der Waals surface area contributed by atoms with Crippen LogP contribution in [-0.4, -0.2) is 29.6 Å². The lowest BCUT2D eigenvalue weighted by Crippen LogP contribution is -2.40. The Balaban J connectivity index is 2.53. The van der Waals surface area contributed by atoms with Crippen LogP contribution in [0.3, 0.4) is 0 Å². The lowest BCUT2D eigenvalue weighted by molar-refractivity contribution is -0.142. The summed E-state index contributed by atoms with van der Waals surface area (Å²) in [7, 11) is 0. The summed E-state index contributed by atoms with van der Waals surface area (Å²) < 4.78 is 5.49. The van der Waals surface area contributed by atoms with E-state index >= 15 is 0 Å². The summed E-state index contributed by atoms with van der Waals surface area (Å²) in [6.07, 6.45) is -0.247. The molecule has 2 atom stereocenters. The van der Waals surface area contributed by atoms with Crippen LogP contribution >= 0.6 is 11.6 Å². The van der Waals surface area contributed by atoms with Crippen molar-refractivity contribution in [1.82, 2.24) is 5.32 Å². The summed E-state index contributed by atoms with van der Waals surface area (Å²) in [5.41, 5.74) is 0. The molecule has 1 rings (SSSR count). The molecule has 1 aromatic rings. The highest BCUT2D eigenvalue weighted by Crippen LogP contribution is 2.24. The number of para-hydroxylation sites is 1. The van der Waals surface area contributed by atoms with E-state index in [1.165, 1.54) is 0 Å². The molecule has 0 aromatic heterocycles. The molecule has 2 unspecified atom stereocenters. The average Bonchev–Trinajstić information content (AvgIpc) is 2.44. The molecule has 0 fully saturated rings. The zero-order valence-corrected chi connectivity index (χ0v) is 13.8. The molecule has 0 saturated carbocycles. The zero-order valence-electron chi connectivity index (χ0n) is 13.0. The smallest absolute Gasteiger partial charge is 0.308 e. The van der Waals surface area contributed by atoms with Gasteiger partial charge in [0.05, 0.1) is 10.9 Å². The normalized spacial score (nSPS) is 13.5. The van der Waals surface area contributed by atoms with E-state index in [4.69, 9.17) is 21.4 Å². The van der Waals surface area contributed by atoms with Gasteiger partial charge in [-0.25, -0.2) is 0 Å². The fourth-order valence-electron chi connectivity index (χ4n) is 1.99. The zero-order chi connectivity index (χ0) is 16.7. The minimum atomic E-state index is -0.909. The minimum absolute atomic E-state index is 0.0859. The summed E-state index contributed by atoms with van der Waals surface area (Å²) in [4.78, 5) is 23.2. The van der Waals surface area contributed by atoms with E-state index in [0.717, 1.165) is 0 Å². The van der Waals surface area contributed by atoms with Crippen molar-refractivity contribution in [3.8, 4) is 5.75 Å². The van der Waals surface area contributed by atoms with Gasteiger partial charge in [0.2, 0.25) is 0 Å². The fraction of sp³-hybridized carbons (Fsp3) is 0.500. The number of carboxylic acid groups (broad SMARTS) is 1. The maximum atomic E-state index is 12.0. The summed E-state index contributed by atoms with van der Waals surface area (Å²) in [6.45, 7) is 5.57. The Hall–Kier alpha value is -1.75. The van der Waals surface area contributed by atoms with Gasteiger partial charge in [-0.1, -0.05) is 37.6 Å². The highest BCUT2D eigenvalue weighted by atomic mass is 35.5. The number of hydrogen-bond acceptors (Lipinski definition) is 3. The van der Waals surface area contributed by atoms with Crippen molar-refractivity contribution in [2.45, 2.75) is 33.3 Å². The van der Waals surface area contributed by atoms with Crippen molar-refractivity contribution >= 4 is 23.5 Å². The second-order valence-corrected chi connectivity index (χ2v) is 6.01. The molecule has 0 aliphatic carbocycles. The first-order chi connectivity index (χ1) is 10.3. The van der Waals surface area contributed by atoms with E-state index in [1.807, 2.05) is 13.8 Å². The number of carbonyl (C=O) groups is 2. The molecule has 0 bridgehead atoms. The number of halogens is 1. The molecule has 0 saturated heterocycles. The quantitative estimate of drug-likeness (QED) is 0.769. The van der Waals surface area contributed by atoms with Gasteiger partial charge in [0.1, 0.15) is 5.75 Å². The molecule has 6 heteroatoms. The Labute approximate surface area is 135 Å². The van der Waals surface area contributed by atoms with Gasteiger partial charge in [-0.2, -0.15) is 0 Å². The number of aliphatic carboxylic acids is 1. The first kappa shape index (κ1) is 18.3. The predicted molar refractivity (Wildman–Crippen MR) is 85.1 cm³/mol. The Bertz CT molecular complexity index is 519. The van der Waals surface area contributed by atoms with Gasteiger partial charge in [0.25, 0.3) is 5.91 Å². The molecule has 122 valence electrons. The third-order valence-corrected chi connectivity index (χ3v) is 3.45. The van der Waals surface area contributed by atoms with Crippen LogP contribution in [-0.2, 0) is 9.59 Å². The van der Waals surface area contributed by atoms with Gasteiger partial charge < -0.3 is 15.2 Å². The molecule has 22 heavy (non-hydrogen) atoms. The number of rotatable bonds is 8. The number of amides is 1. The van der Waals surface area contributed by atoms with Crippen LogP contribution in [0.4, 0.5) is 0 Å². The molecule has 0 radical (unpaired) electrons. The van der Waals surface area contributed by atoms with Gasteiger partial charge >= 0.3 is 5.97 Å². The van der Waals surface area contributed by atoms with E-state index < -0.39 is 18.0 Å². The largest absolute Gasteiger partial charge is 0.481 e. The van der Waals surface area contributed by atoms with E-state index in [0.29, 0.717) is 17.2 Å². The molecule has 5 nitrogen and oxygen atoms in total. The molecule has 0 heterocycles. The number of benzene rings is 1. The summed E-state index contributed by atoms with van der Waals surface area (Å²) in [5, 5.41) is 12.2. The third kappa shape index (κ3) is 5.93. The molecule has 0 aliphatic rings. The highest BCUT2D eigenvalue weighted by molar-refractivity contribution is 6.32. The molecular formula is C16H22ClNO4. The maximum absolute atomic E-state index is 12.0. The van der Waals surface area contributed by atoms with Crippen molar-refractivity contribution in [2.75, 3.05) is 6.54 Å².